The van der Waals surface area contributed by atoms with Crippen molar-refractivity contribution in [2.75, 3.05) is 5.73 Å². The zero-order valence-corrected chi connectivity index (χ0v) is 7.78. The molecule has 0 saturated heterocycles. The fourth-order valence-corrected chi connectivity index (χ4v) is 1.34. The van der Waals surface area contributed by atoms with E-state index >= 15 is 0 Å². The molecule has 1 aromatic heterocycles. The van der Waals surface area contributed by atoms with Gasteiger partial charge in [0.05, 0.1) is 5.69 Å². The van der Waals surface area contributed by atoms with Crippen LogP contribution in [-0.2, 0) is 0 Å². The average molecular weight is 189 g/mol. The third-order valence-electron chi connectivity index (χ3n) is 2.04. The van der Waals surface area contributed by atoms with Gasteiger partial charge in [-0.05, 0) is 24.6 Å². The Labute approximate surface area is 81.4 Å². The van der Waals surface area contributed by atoms with Gasteiger partial charge in [-0.25, -0.2) is 0 Å². The molecule has 0 fully saturated rings. The number of nitrogens with one attached hydrogen (secondary N) is 1. The Morgan fingerprint density at radius 3 is 2.71 bits per heavy atom. The Bertz CT molecular complexity index is 462. The molecule has 0 atom stereocenters. The summed E-state index contributed by atoms with van der Waals surface area (Å²) in [6.45, 7) is 1.92. The van der Waals surface area contributed by atoms with Crippen molar-refractivity contribution in [3.05, 3.63) is 29.8 Å². The molecule has 14 heavy (non-hydrogen) atoms. The van der Waals surface area contributed by atoms with Gasteiger partial charge in [0.25, 0.3) is 0 Å². The van der Waals surface area contributed by atoms with Gasteiger partial charge < -0.3 is 10.8 Å². The summed E-state index contributed by atoms with van der Waals surface area (Å²) in [6, 6.07) is 7.14. The highest BCUT2D eigenvalue weighted by atomic mass is 16.3. The van der Waals surface area contributed by atoms with Crippen molar-refractivity contribution < 1.29 is 5.11 Å². The second-order valence-corrected chi connectivity index (χ2v) is 3.23. The van der Waals surface area contributed by atoms with Gasteiger partial charge in [0.1, 0.15) is 11.6 Å². The summed E-state index contributed by atoms with van der Waals surface area (Å²) in [6.07, 6.45) is 0. The van der Waals surface area contributed by atoms with E-state index in [0.29, 0.717) is 11.4 Å². The van der Waals surface area contributed by atoms with Crippen LogP contribution in [0, 0.1) is 6.92 Å². The van der Waals surface area contributed by atoms with Gasteiger partial charge in [0.15, 0.2) is 0 Å². The van der Waals surface area contributed by atoms with Crippen molar-refractivity contribution >= 4 is 5.82 Å². The highest BCUT2D eigenvalue weighted by Gasteiger charge is 2.06. The number of phenols is 1. The van der Waals surface area contributed by atoms with E-state index in [4.69, 9.17) is 5.73 Å². The van der Waals surface area contributed by atoms with Gasteiger partial charge in [-0.2, -0.15) is 5.10 Å². The van der Waals surface area contributed by atoms with Gasteiger partial charge >= 0.3 is 0 Å². The second-order valence-electron chi connectivity index (χ2n) is 3.23. The molecule has 0 spiro atoms. The van der Waals surface area contributed by atoms with Crippen LogP contribution < -0.4 is 5.73 Å². The van der Waals surface area contributed by atoms with Crippen molar-refractivity contribution in [1.29, 1.82) is 0 Å². The van der Waals surface area contributed by atoms with Gasteiger partial charge in [0.2, 0.25) is 0 Å². The van der Waals surface area contributed by atoms with E-state index in [-0.39, 0.29) is 5.75 Å². The van der Waals surface area contributed by atoms with Crippen LogP contribution in [-0.4, -0.2) is 15.3 Å². The van der Waals surface area contributed by atoms with Crippen molar-refractivity contribution in [3.8, 4) is 17.0 Å². The van der Waals surface area contributed by atoms with Gasteiger partial charge in [0, 0.05) is 11.6 Å². The van der Waals surface area contributed by atoms with Gasteiger partial charge in [-0.15, -0.1) is 0 Å². The third-order valence-corrected chi connectivity index (χ3v) is 2.04. The molecule has 4 nitrogen and oxygen atoms in total. The number of phenolic OH excluding ortho intramolecular Hbond substituents is 1. The molecule has 0 radical (unpaired) electrons. The molecule has 4 N–H and O–H groups in total. The lowest BCUT2D eigenvalue weighted by atomic mass is 10.1. The summed E-state index contributed by atoms with van der Waals surface area (Å²) in [5.41, 5.74) is 7.92. The normalized spacial score (nSPS) is 10.4. The number of aromatic amines is 1. The first-order valence-corrected chi connectivity index (χ1v) is 4.27. The fourth-order valence-electron chi connectivity index (χ4n) is 1.34. The smallest absolute Gasteiger partial charge is 0.145 e. The summed E-state index contributed by atoms with van der Waals surface area (Å²) in [7, 11) is 0. The number of aryl methyl sites for hydroxylation is 1. The number of hydrogen-bond donors (Lipinski definition) is 3. The predicted molar refractivity (Wildman–Crippen MR) is 54.8 cm³/mol. The number of nitrogens with two attached hydrogens (primary N) is 1. The number of H-pyrrole nitrogens is 1. The molecule has 4 heteroatoms. The molecule has 72 valence electrons. The predicted octanol–water partition coefficient (Wildman–Crippen LogP) is 1.67. The van der Waals surface area contributed by atoms with Crippen molar-refractivity contribution in [2.45, 2.75) is 6.92 Å². The van der Waals surface area contributed by atoms with Crippen LogP contribution in [0.15, 0.2) is 24.3 Å². The first-order chi connectivity index (χ1) is 6.66. The fraction of sp³-hybridized carbons (Fsp3) is 0.100. The van der Waals surface area contributed by atoms with E-state index in [9.17, 15) is 5.11 Å². The minimum atomic E-state index is 0.230. The lowest BCUT2D eigenvalue weighted by Crippen LogP contribution is -1.81. The molecule has 1 aromatic carbocycles. The molecular weight excluding hydrogens is 178 g/mol. The SMILES string of the molecule is Cc1ccc(-c2cc(N)n[nH]2)c(O)c1. The van der Waals surface area contributed by atoms with Crippen LogP contribution in [0.25, 0.3) is 11.3 Å². The first-order valence-electron chi connectivity index (χ1n) is 4.27. The molecular formula is C10H11N3O. The summed E-state index contributed by atoms with van der Waals surface area (Å²) < 4.78 is 0. The molecule has 2 aromatic rings. The molecule has 0 unspecified atom stereocenters. The van der Waals surface area contributed by atoms with E-state index in [1.165, 1.54) is 0 Å². The quantitative estimate of drug-likeness (QED) is 0.638. The number of aromatic nitrogens is 2. The van der Waals surface area contributed by atoms with Crippen LogP contribution >= 0.6 is 0 Å². The Morgan fingerprint density at radius 1 is 1.36 bits per heavy atom. The van der Waals surface area contributed by atoms with Crippen molar-refractivity contribution in [2.24, 2.45) is 0 Å². The lowest BCUT2D eigenvalue weighted by Gasteiger charge is -2.01. The molecule has 0 aliphatic heterocycles. The third kappa shape index (κ3) is 1.42. The number of benzene rings is 1. The molecule has 0 amide bonds. The summed E-state index contributed by atoms with van der Waals surface area (Å²) in [5, 5.41) is 16.2. The number of nitrogens with zero attached hydrogens (tertiary/aromatic N) is 1. The maximum Gasteiger partial charge on any atom is 0.145 e. The second kappa shape index (κ2) is 3.06. The van der Waals surface area contributed by atoms with E-state index in [1.807, 2.05) is 19.1 Å². The van der Waals surface area contributed by atoms with E-state index < -0.39 is 0 Å². The van der Waals surface area contributed by atoms with E-state index in [2.05, 4.69) is 10.2 Å². The summed E-state index contributed by atoms with van der Waals surface area (Å²) in [4.78, 5) is 0. The zero-order valence-electron chi connectivity index (χ0n) is 7.78. The number of nitrogen functional groups attached to an aromatic ring is 1. The number of rotatable bonds is 1. The summed E-state index contributed by atoms with van der Waals surface area (Å²) in [5.74, 6) is 0.647. The van der Waals surface area contributed by atoms with Crippen LogP contribution in [0.3, 0.4) is 0 Å². The van der Waals surface area contributed by atoms with Crippen molar-refractivity contribution in [3.63, 3.8) is 0 Å². The standard InChI is InChI=1S/C10H11N3O/c1-6-2-3-7(9(14)4-6)8-5-10(11)13-12-8/h2-5,14H,1H3,(H3,11,12,13). The average Bonchev–Trinajstić information content (AvgIpc) is 2.51. The van der Waals surface area contributed by atoms with Crippen molar-refractivity contribution in [1.82, 2.24) is 10.2 Å². The molecule has 1 heterocycles. The highest BCUT2D eigenvalue weighted by Crippen LogP contribution is 2.28. The number of aromatic hydroxyl groups is 1. The first kappa shape index (κ1) is 8.62. The molecule has 0 aliphatic carbocycles. The minimum Gasteiger partial charge on any atom is -0.507 e. The van der Waals surface area contributed by atoms with Gasteiger partial charge in [-0.3, -0.25) is 5.10 Å². The number of hydrogen-bond acceptors (Lipinski definition) is 3. The lowest BCUT2D eigenvalue weighted by molar-refractivity contribution is 0.476. The number of anilines is 1. The highest BCUT2D eigenvalue weighted by molar-refractivity contribution is 5.68. The monoisotopic (exact) mass is 189 g/mol. The Morgan fingerprint density at radius 2 is 2.14 bits per heavy atom. The summed E-state index contributed by atoms with van der Waals surface area (Å²) >= 11 is 0. The zero-order chi connectivity index (χ0) is 10.1. The topological polar surface area (TPSA) is 74.9 Å². The maximum absolute atomic E-state index is 9.67. The molecule has 0 bridgehead atoms. The molecule has 2 rings (SSSR count). The van der Waals surface area contributed by atoms with Crippen LogP contribution in [0.1, 0.15) is 5.56 Å². The molecule has 0 saturated carbocycles. The maximum atomic E-state index is 9.67. The molecule has 0 aliphatic rings. The Kier molecular flexibility index (Phi) is 1.89. The van der Waals surface area contributed by atoms with Crippen LogP contribution in [0.5, 0.6) is 5.75 Å². The van der Waals surface area contributed by atoms with Crippen LogP contribution in [0.4, 0.5) is 5.82 Å². The Hall–Kier alpha value is -1.97. The van der Waals surface area contributed by atoms with E-state index in [0.717, 1.165) is 11.3 Å². The van der Waals surface area contributed by atoms with Gasteiger partial charge in [-0.1, -0.05) is 6.07 Å². The minimum absolute atomic E-state index is 0.230. The van der Waals surface area contributed by atoms with E-state index in [1.54, 1.807) is 12.1 Å². The largest absolute Gasteiger partial charge is 0.507 e. The van der Waals surface area contributed by atoms with Crippen LogP contribution in [0.2, 0.25) is 0 Å². The Balaban J connectivity index is 2.52.